The lowest BCUT2D eigenvalue weighted by atomic mass is 10.1. The number of fused-ring (bicyclic) bond motifs is 1. The number of benzene rings is 2. The summed E-state index contributed by atoms with van der Waals surface area (Å²) in [5.41, 5.74) is 4.12. The number of amides is 1. The molecule has 2 aromatic carbocycles. The number of hydrogen-bond donors (Lipinski definition) is 1. The van der Waals surface area contributed by atoms with Crippen LogP contribution >= 0.6 is 11.3 Å². The van der Waals surface area contributed by atoms with E-state index < -0.39 is 0 Å². The lowest BCUT2D eigenvalue weighted by Gasteiger charge is -2.37. The number of nitrogens with one attached hydrogen (secondary N) is 1. The Labute approximate surface area is 186 Å². The van der Waals surface area contributed by atoms with E-state index in [1.54, 1.807) is 6.20 Å². The van der Waals surface area contributed by atoms with Crippen LogP contribution in [0.4, 0.5) is 11.4 Å². The SMILES string of the molecule is O=C(Nc1cnc2ccccc2c1N1CCN(Cc2ccccc2)CC1)c1cccs1. The van der Waals surface area contributed by atoms with Crippen molar-refractivity contribution in [3.8, 4) is 0 Å². The molecule has 31 heavy (non-hydrogen) atoms. The third kappa shape index (κ3) is 4.31. The van der Waals surface area contributed by atoms with Gasteiger partial charge in [-0.1, -0.05) is 54.6 Å². The van der Waals surface area contributed by atoms with Gasteiger partial charge in [-0.15, -0.1) is 11.3 Å². The van der Waals surface area contributed by atoms with E-state index in [9.17, 15) is 4.79 Å². The molecule has 1 aliphatic heterocycles. The molecule has 4 aromatic rings. The molecule has 2 aromatic heterocycles. The van der Waals surface area contributed by atoms with Crippen LogP contribution in [0.2, 0.25) is 0 Å². The quantitative estimate of drug-likeness (QED) is 0.493. The highest BCUT2D eigenvalue weighted by molar-refractivity contribution is 7.12. The summed E-state index contributed by atoms with van der Waals surface area (Å²) < 4.78 is 0. The Morgan fingerprint density at radius 3 is 2.48 bits per heavy atom. The van der Waals surface area contributed by atoms with Crippen molar-refractivity contribution < 1.29 is 4.79 Å². The number of hydrogen-bond acceptors (Lipinski definition) is 5. The molecule has 6 heteroatoms. The van der Waals surface area contributed by atoms with Gasteiger partial charge >= 0.3 is 0 Å². The maximum atomic E-state index is 12.7. The molecule has 1 amide bonds. The van der Waals surface area contributed by atoms with Gasteiger partial charge in [-0.25, -0.2) is 0 Å². The fraction of sp³-hybridized carbons (Fsp3) is 0.200. The second-order valence-corrected chi connectivity index (χ2v) is 8.67. The number of para-hydroxylation sites is 1. The predicted molar refractivity (Wildman–Crippen MR) is 128 cm³/mol. The molecule has 0 saturated carbocycles. The normalized spacial score (nSPS) is 14.6. The molecule has 5 nitrogen and oxygen atoms in total. The van der Waals surface area contributed by atoms with Crippen LogP contribution in [-0.2, 0) is 6.54 Å². The minimum absolute atomic E-state index is 0.0870. The van der Waals surface area contributed by atoms with Crippen molar-refractivity contribution in [1.82, 2.24) is 9.88 Å². The molecule has 0 aliphatic carbocycles. The van der Waals surface area contributed by atoms with E-state index in [-0.39, 0.29) is 5.91 Å². The van der Waals surface area contributed by atoms with Crippen LogP contribution in [-0.4, -0.2) is 42.0 Å². The van der Waals surface area contributed by atoms with Crippen LogP contribution in [0.1, 0.15) is 15.2 Å². The van der Waals surface area contributed by atoms with Gasteiger partial charge < -0.3 is 10.2 Å². The van der Waals surface area contributed by atoms with Crippen molar-refractivity contribution in [3.05, 3.63) is 88.7 Å². The van der Waals surface area contributed by atoms with Crippen molar-refractivity contribution in [3.63, 3.8) is 0 Å². The zero-order valence-corrected chi connectivity index (χ0v) is 18.0. The van der Waals surface area contributed by atoms with Crippen molar-refractivity contribution in [2.24, 2.45) is 0 Å². The molecule has 5 rings (SSSR count). The van der Waals surface area contributed by atoms with Crippen LogP contribution in [0, 0.1) is 0 Å². The first kappa shape index (κ1) is 19.7. The summed E-state index contributed by atoms with van der Waals surface area (Å²) >= 11 is 1.44. The average molecular weight is 429 g/mol. The van der Waals surface area contributed by atoms with Crippen LogP contribution in [0.15, 0.2) is 78.3 Å². The Morgan fingerprint density at radius 1 is 0.935 bits per heavy atom. The fourth-order valence-electron chi connectivity index (χ4n) is 4.12. The van der Waals surface area contributed by atoms with Gasteiger partial charge in [-0.3, -0.25) is 14.7 Å². The van der Waals surface area contributed by atoms with Crippen molar-refractivity contribution >= 4 is 39.5 Å². The summed E-state index contributed by atoms with van der Waals surface area (Å²) in [7, 11) is 0. The van der Waals surface area contributed by atoms with E-state index in [1.807, 2.05) is 35.7 Å². The maximum absolute atomic E-state index is 12.7. The maximum Gasteiger partial charge on any atom is 0.265 e. The third-order valence-corrected chi connectivity index (χ3v) is 6.55. The van der Waals surface area contributed by atoms with Crippen LogP contribution in [0.25, 0.3) is 10.9 Å². The fourth-order valence-corrected chi connectivity index (χ4v) is 4.74. The molecule has 0 radical (unpaired) electrons. The number of piperazine rings is 1. The zero-order valence-electron chi connectivity index (χ0n) is 17.2. The van der Waals surface area contributed by atoms with E-state index in [0.29, 0.717) is 4.88 Å². The number of pyridine rings is 1. The largest absolute Gasteiger partial charge is 0.367 e. The molecule has 0 atom stereocenters. The summed E-state index contributed by atoms with van der Waals surface area (Å²) in [6, 6.07) is 22.5. The van der Waals surface area contributed by atoms with Crippen molar-refractivity contribution in [1.29, 1.82) is 0 Å². The Morgan fingerprint density at radius 2 is 1.71 bits per heavy atom. The number of carbonyl (C=O) groups is 1. The second-order valence-electron chi connectivity index (χ2n) is 7.72. The summed E-state index contributed by atoms with van der Waals surface area (Å²) in [6.07, 6.45) is 1.79. The molecule has 0 bridgehead atoms. The van der Waals surface area contributed by atoms with Gasteiger partial charge in [0.15, 0.2) is 0 Å². The highest BCUT2D eigenvalue weighted by Gasteiger charge is 2.23. The lowest BCUT2D eigenvalue weighted by Crippen LogP contribution is -2.46. The Balaban J connectivity index is 1.40. The monoisotopic (exact) mass is 428 g/mol. The first-order valence-corrected chi connectivity index (χ1v) is 11.4. The van der Waals surface area contributed by atoms with Gasteiger partial charge in [-0.2, -0.15) is 0 Å². The molecule has 1 saturated heterocycles. The molecule has 1 aliphatic rings. The second kappa shape index (κ2) is 8.88. The molecular formula is C25H24N4OS. The number of thiophene rings is 1. The smallest absolute Gasteiger partial charge is 0.265 e. The van der Waals surface area contributed by atoms with E-state index in [1.165, 1.54) is 16.9 Å². The summed E-state index contributed by atoms with van der Waals surface area (Å²) in [4.78, 5) is 22.9. The van der Waals surface area contributed by atoms with Gasteiger partial charge in [0, 0.05) is 38.1 Å². The van der Waals surface area contributed by atoms with Gasteiger partial charge in [-0.05, 0) is 23.1 Å². The van der Waals surface area contributed by atoms with Gasteiger partial charge in [0.25, 0.3) is 5.91 Å². The molecule has 1 fully saturated rings. The lowest BCUT2D eigenvalue weighted by molar-refractivity contribution is 0.103. The Hall–Kier alpha value is -3.22. The Bertz CT molecular complexity index is 1170. The summed E-state index contributed by atoms with van der Waals surface area (Å²) in [5, 5.41) is 6.10. The third-order valence-electron chi connectivity index (χ3n) is 5.68. The summed E-state index contributed by atoms with van der Waals surface area (Å²) in [6.45, 7) is 4.73. The van der Waals surface area contributed by atoms with E-state index in [0.717, 1.165) is 55.0 Å². The molecular weight excluding hydrogens is 404 g/mol. The predicted octanol–water partition coefficient (Wildman–Crippen LogP) is 4.87. The van der Waals surface area contributed by atoms with Crippen molar-refractivity contribution in [2.75, 3.05) is 36.4 Å². The Kier molecular flexibility index (Phi) is 5.65. The molecule has 1 N–H and O–H groups in total. The molecule has 0 unspecified atom stereocenters. The number of nitrogens with zero attached hydrogens (tertiary/aromatic N) is 3. The number of rotatable bonds is 5. The highest BCUT2D eigenvalue weighted by atomic mass is 32.1. The zero-order chi connectivity index (χ0) is 21.0. The minimum Gasteiger partial charge on any atom is -0.367 e. The van der Waals surface area contributed by atoms with E-state index >= 15 is 0 Å². The van der Waals surface area contributed by atoms with Crippen LogP contribution in [0.3, 0.4) is 0 Å². The first-order chi connectivity index (χ1) is 15.3. The van der Waals surface area contributed by atoms with Crippen molar-refractivity contribution in [2.45, 2.75) is 6.54 Å². The number of carbonyl (C=O) groups excluding carboxylic acids is 1. The van der Waals surface area contributed by atoms with Gasteiger partial charge in [0.1, 0.15) is 0 Å². The standard InChI is InChI=1S/C25H24N4OS/c30-25(23-11-6-16-31-23)27-22-17-26-21-10-5-4-9-20(21)24(22)29-14-12-28(13-15-29)18-19-7-2-1-3-8-19/h1-11,16-17H,12-15,18H2,(H,27,30). The number of anilines is 2. The van der Waals surface area contributed by atoms with E-state index in [4.69, 9.17) is 0 Å². The number of aromatic nitrogens is 1. The van der Waals surface area contributed by atoms with Crippen LogP contribution in [0.5, 0.6) is 0 Å². The molecule has 3 heterocycles. The summed E-state index contributed by atoms with van der Waals surface area (Å²) in [5.74, 6) is -0.0870. The van der Waals surface area contributed by atoms with Gasteiger partial charge in [0.05, 0.1) is 28.0 Å². The first-order valence-electron chi connectivity index (χ1n) is 10.5. The minimum atomic E-state index is -0.0870. The van der Waals surface area contributed by atoms with Crippen LogP contribution < -0.4 is 10.2 Å². The molecule has 156 valence electrons. The highest BCUT2D eigenvalue weighted by Crippen LogP contribution is 2.34. The topological polar surface area (TPSA) is 48.5 Å². The molecule has 0 spiro atoms. The van der Waals surface area contributed by atoms with Gasteiger partial charge in [0.2, 0.25) is 0 Å². The average Bonchev–Trinajstić information content (AvgIpc) is 3.36. The van der Waals surface area contributed by atoms with E-state index in [2.05, 4.69) is 56.5 Å².